The van der Waals surface area contributed by atoms with Gasteiger partial charge >= 0.3 is 0 Å². The number of amides is 2. The maximum Gasteiger partial charge on any atom is 0.277 e. The predicted molar refractivity (Wildman–Crippen MR) is 113 cm³/mol. The molecule has 11 nitrogen and oxygen atoms in total. The van der Waals surface area contributed by atoms with Crippen molar-refractivity contribution in [3.63, 3.8) is 0 Å². The van der Waals surface area contributed by atoms with Crippen LogP contribution in [0.1, 0.15) is 10.4 Å². The molecule has 3 rings (SSSR count). The molecule has 2 N–H and O–H groups in total. The number of nitro benzene ring substituents is 2. The highest BCUT2D eigenvalue weighted by Gasteiger charge is 2.20. The minimum absolute atomic E-state index is 0.362. The van der Waals surface area contributed by atoms with Gasteiger partial charge in [-0.05, 0) is 32.8 Å². The van der Waals surface area contributed by atoms with E-state index < -0.39 is 39.6 Å². The van der Waals surface area contributed by atoms with Crippen LogP contribution in [0.2, 0.25) is 0 Å². The highest BCUT2D eigenvalue weighted by Crippen LogP contribution is 2.32. The molecule has 31 heavy (non-hydrogen) atoms. The van der Waals surface area contributed by atoms with Crippen LogP contribution in [0.5, 0.6) is 5.75 Å². The summed E-state index contributed by atoms with van der Waals surface area (Å²) in [5, 5.41) is 23.7. The van der Waals surface area contributed by atoms with Gasteiger partial charge in [0.25, 0.3) is 23.2 Å². The third kappa shape index (κ3) is 5.11. The van der Waals surface area contributed by atoms with Crippen molar-refractivity contribution >= 4 is 49.9 Å². The van der Waals surface area contributed by atoms with Gasteiger partial charge in [0.2, 0.25) is 0 Å². The van der Waals surface area contributed by atoms with Crippen LogP contribution in [0.15, 0.2) is 59.1 Å². The summed E-state index contributed by atoms with van der Waals surface area (Å²) in [7, 11) is 0. The van der Waals surface area contributed by atoms with Crippen LogP contribution in [0.4, 0.5) is 11.4 Å². The number of benzene rings is 3. The summed E-state index contributed by atoms with van der Waals surface area (Å²) in [5.41, 5.74) is 2.50. The first-order valence-electron chi connectivity index (χ1n) is 8.59. The number of hydrogen-bond acceptors (Lipinski definition) is 7. The topological polar surface area (TPSA) is 154 Å². The van der Waals surface area contributed by atoms with E-state index in [0.717, 1.165) is 29.0 Å². The number of hydrazine groups is 1. The van der Waals surface area contributed by atoms with E-state index in [1.807, 2.05) is 35.8 Å². The number of hydrogen-bond donors (Lipinski definition) is 2. The average Bonchev–Trinajstić information content (AvgIpc) is 2.76. The molecular weight excluding hydrogens is 476 g/mol. The minimum Gasteiger partial charge on any atom is -0.483 e. The van der Waals surface area contributed by atoms with Gasteiger partial charge in [-0.2, -0.15) is 0 Å². The maximum atomic E-state index is 12.2. The van der Waals surface area contributed by atoms with E-state index in [1.165, 1.54) is 0 Å². The number of halogens is 1. The quantitative estimate of drug-likeness (QED) is 0.398. The van der Waals surface area contributed by atoms with Gasteiger partial charge in [-0.25, -0.2) is 0 Å². The molecule has 0 heterocycles. The fourth-order valence-corrected chi connectivity index (χ4v) is 3.25. The van der Waals surface area contributed by atoms with Crippen molar-refractivity contribution < 1.29 is 24.2 Å². The number of carbonyl (C=O) groups excluding carboxylic acids is 2. The summed E-state index contributed by atoms with van der Waals surface area (Å²) < 4.78 is 6.12. The van der Waals surface area contributed by atoms with E-state index >= 15 is 0 Å². The Kier molecular flexibility index (Phi) is 6.40. The Morgan fingerprint density at radius 2 is 1.58 bits per heavy atom. The van der Waals surface area contributed by atoms with E-state index in [4.69, 9.17) is 4.74 Å². The fraction of sp³-hybridized carbons (Fsp3) is 0.0526. The second-order valence-electron chi connectivity index (χ2n) is 6.14. The molecule has 0 spiro atoms. The monoisotopic (exact) mass is 488 g/mol. The molecular formula is C19H13BrN4O7. The first-order chi connectivity index (χ1) is 14.8. The lowest BCUT2D eigenvalue weighted by Crippen LogP contribution is -2.43. The largest absolute Gasteiger partial charge is 0.483 e. The molecule has 0 radical (unpaired) electrons. The molecule has 0 aromatic heterocycles. The van der Waals surface area contributed by atoms with Crippen LogP contribution in [0, 0.1) is 20.2 Å². The van der Waals surface area contributed by atoms with Crippen molar-refractivity contribution in [2.24, 2.45) is 0 Å². The van der Waals surface area contributed by atoms with Gasteiger partial charge < -0.3 is 4.74 Å². The Morgan fingerprint density at radius 3 is 2.23 bits per heavy atom. The van der Waals surface area contributed by atoms with Crippen molar-refractivity contribution in [2.45, 2.75) is 0 Å². The SMILES string of the molecule is O=C(COc1ccc2ccccc2c1Br)NNC(=O)c1cc([N+](=O)[O-])cc([N+](=O)[O-])c1. The molecule has 0 fully saturated rings. The van der Waals surface area contributed by atoms with Gasteiger partial charge in [-0.1, -0.05) is 30.3 Å². The molecule has 3 aromatic rings. The van der Waals surface area contributed by atoms with Crippen LogP contribution in [-0.2, 0) is 4.79 Å². The van der Waals surface area contributed by atoms with Crippen LogP contribution in [0.3, 0.4) is 0 Å². The van der Waals surface area contributed by atoms with Crippen molar-refractivity contribution in [2.75, 3.05) is 6.61 Å². The lowest BCUT2D eigenvalue weighted by Gasteiger charge is -2.11. The van der Waals surface area contributed by atoms with Crippen LogP contribution in [0.25, 0.3) is 10.8 Å². The number of non-ortho nitro benzene ring substituents is 2. The van der Waals surface area contributed by atoms with Gasteiger partial charge in [-0.3, -0.25) is 40.7 Å². The third-order valence-electron chi connectivity index (χ3n) is 4.09. The molecule has 0 aliphatic carbocycles. The minimum atomic E-state index is -0.966. The first-order valence-corrected chi connectivity index (χ1v) is 9.38. The fourth-order valence-electron chi connectivity index (χ4n) is 2.64. The zero-order valence-electron chi connectivity index (χ0n) is 15.5. The Labute approximate surface area is 182 Å². The zero-order valence-corrected chi connectivity index (χ0v) is 17.1. The Hall–Kier alpha value is -4.06. The molecule has 0 saturated heterocycles. The summed E-state index contributed by atoms with van der Waals surface area (Å²) >= 11 is 3.43. The molecule has 0 atom stereocenters. The van der Waals surface area contributed by atoms with Crippen molar-refractivity contribution in [1.82, 2.24) is 10.9 Å². The number of ether oxygens (including phenoxy) is 1. The molecule has 0 bridgehead atoms. The van der Waals surface area contributed by atoms with Gasteiger partial charge in [-0.15, -0.1) is 0 Å². The number of fused-ring (bicyclic) bond motifs is 1. The summed E-state index contributed by atoms with van der Waals surface area (Å²) in [6.45, 7) is -0.438. The highest BCUT2D eigenvalue weighted by molar-refractivity contribution is 9.10. The summed E-state index contributed by atoms with van der Waals surface area (Å²) in [6.07, 6.45) is 0. The molecule has 12 heteroatoms. The standard InChI is InChI=1S/C19H13BrN4O7/c20-18-15-4-2-1-3-11(15)5-6-16(18)31-10-17(25)21-22-19(26)12-7-13(23(27)28)9-14(8-12)24(29)30/h1-9H,10H2,(H,21,25)(H,22,26). The van der Waals surface area contributed by atoms with E-state index in [9.17, 15) is 29.8 Å². The normalized spacial score (nSPS) is 10.4. The Bertz CT molecular complexity index is 1180. The number of carbonyl (C=O) groups is 2. The molecule has 2 amide bonds. The van der Waals surface area contributed by atoms with Crippen LogP contribution < -0.4 is 15.6 Å². The highest BCUT2D eigenvalue weighted by atomic mass is 79.9. The van der Waals surface area contributed by atoms with Gasteiger partial charge in [0, 0.05) is 12.1 Å². The van der Waals surface area contributed by atoms with Crippen molar-refractivity contribution in [3.05, 3.63) is 84.9 Å². The second kappa shape index (κ2) is 9.17. The van der Waals surface area contributed by atoms with Crippen LogP contribution >= 0.6 is 15.9 Å². The number of nitrogens with one attached hydrogen (secondary N) is 2. The summed E-state index contributed by atoms with van der Waals surface area (Å²) in [4.78, 5) is 44.2. The molecule has 0 aliphatic heterocycles. The Balaban J connectivity index is 1.62. The number of rotatable bonds is 6. The van der Waals surface area contributed by atoms with E-state index in [2.05, 4.69) is 21.4 Å². The van der Waals surface area contributed by atoms with Gasteiger partial charge in [0.15, 0.2) is 6.61 Å². The van der Waals surface area contributed by atoms with E-state index in [-0.39, 0.29) is 5.56 Å². The lowest BCUT2D eigenvalue weighted by molar-refractivity contribution is -0.394. The lowest BCUT2D eigenvalue weighted by atomic mass is 10.1. The van der Waals surface area contributed by atoms with Crippen molar-refractivity contribution in [1.29, 1.82) is 0 Å². The molecule has 158 valence electrons. The Morgan fingerprint density at radius 1 is 0.935 bits per heavy atom. The smallest absolute Gasteiger partial charge is 0.277 e. The summed E-state index contributed by atoms with van der Waals surface area (Å²) in [5.74, 6) is -1.27. The molecule has 0 saturated carbocycles. The second-order valence-corrected chi connectivity index (χ2v) is 6.94. The van der Waals surface area contributed by atoms with Crippen LogP contribution in [-0.4, -0.2) is 28.3 Å². The van der Waals surface area contributed by atoms with E-state index in [1.54, 1.807) is 6.07 Å². The van der Waals surface area contributed by atoms with Crippen molar-refractivity contribution in [3.8, 4) is 5.75 Å². The maximum absolute atomic E-state index is 12.2. The summed E-state index contributed by atoms with van der Waals surface area (Å²) in [6, 6.07) is 13.5. The molecule has 0 aliphatic rings. The third-order valence-corrected chi connectivity index (χ3v) is 4.91. The number of nitrogens with zero attached hydrogens (tertiary/aromatic N) is 2. The zero-order chi connectivity index (χ0) is 22.5. The van der Waals surface area contributed by atoms with Gasteiger partial charge in [0.05, 0.1) is 25.9 Å². The predicted octanol–water partition coefficient (Wildman–Crippen LogP) is 3.26. The molecule has 3 aromatic carbocycles. The van der Waals surface area contributed by atoms with Gasteiger partial charge in [0.1, 0.15) is 5.75 Å². The average molecular weight is 489 g/mol. The molecule has 0 unspecified atom stereocenters. The first kappa shape index (κ1) is 21.6. The number of nitro groups is 2. The van der Waals surface area contributed by atoms with E-state index in [0.29, 0.717) is 10.2 Å².